The smallest absolute Gasteiger partial charge is 0.0702 e. The summed E-state index contributed by atoms with van der Waals surface area (Å²) in [7, 11) is 2.05. The SMILES string of the molecule is Cc1ccccc1CN(C)c1cc(Br)ccc1CO. The molecule has 2 aromatic carbocycles. The average Bonchev–Trinajstić information content (AvgIpc) is 2.41. The molecule has 0 aromatic heterocycles. The summed E-state index contributed by atoms with van der Waals surface area (Å²) in [6.07, 6.45) is 0. The monoisotopic (exact) mass is 319 g/mol. The molecule has 0 aliphatic carbocycles. The van der Waals surface area contributed by atoms with E-state index in [0.717, 1.165) is 22.3 Å². The Labute approximate surface area is 122 Å². The van der Waals surface area contributed by atoms with E-state index in [1.54, 1.807) is 0 Å². The van der Waals surface area contributed by atoms with Crippen molar-refractivity contribution in [3.05, 3.63) is 63.6 Å². The average molecular weight is 320 g/mol. The Balaban J connectivity index is 2.27. The highest BCUT2D eigenvalue weighted by atomic mass is 79.9. The van der Waals surface area contributed by atoms with Crippen LogP contribution in [0.2, 0.25) is 0 Å². The van der Waals surface area contributed by atoms with Gasteiger partial charge < -0.3 is 10.0 Å². The lowest BCUT2D eigenvalue weighted by Crippen LogP contribution is -2.18. The molecule has 0 saturated carbocycles. The van der Waals surface area contributed by atoms with Crippen molar-refractivity contribution in [2.75, 3.05) is 11.9 Å². The zero-order valence-electron chi connectivity index (χ0n) is 11.2. The van der Waals surface area contributed by atoms with Gasteiger partial charge in [-0.1, -0.05) is 46.3 Å². The van der Waals surface area contributed by atoms with Gasteiger partial charge in [0.15, 0.2) is 0 Å². The molecular weight excluding hydrogens is 302 g/mol. The lowest BCUT2D eigenvalue weighted by atomic mass is 10.1. The van der Waals surface area contributed by atoms with Gasteiger partial charge in [-0.2, -0.15) is 0 Å². The third-order valence-electron chi connectivity index (χ3n) is 3.30. The van der Waals surface area contributed by atoms with Crippen LogP contribution in [-0.4, -0.2) is 12.2 Å². The Morgan fingerprint density at radius 3 is 2.53 bits per heavy atom. The van der Waals surface area contributed by atoms with Crippen molar-refractivity contribution in [1.29, 1.82) is 0 Å². The van der Waals surface area contributed by atoms with Crippen LogP contribution in [0.5, 0.6) is 0 Å². The predicted molar refractivity (Wildman–Crippen MR) is 83.4 cm³/mol. The van der Waals surface area contributed by atoms with Crippen LogP contribution in [0, 0.1) is 6.92 Å². The molecule has 19 heavy (non-hydrogen) atoms. The Morgan fingerprint density at radius 2 is 1.84 bits per heavy atom. The second-order valence-corrected chi connectivity index (χ2v) is 5.63. The maximum Gasteiger partial charge on any atom is 0.0702 e. The van der Waals surface area contributed by atoms with E-state index >= 15 is 0 Å². The summed E-state index contributed by atoms with van der Waals surface area (Å²) in [4.78, 5) is 2.17. The molecule has 1 N–H and O–H groups in total. The summed E-state index contributed by atoms with van der Waals surface area (Å²) in [6.45, 7) is 3.01. The second-order valence-electron chi connectivity index (χ2n) is 4.71. The number of anilines is 1. The standard InChI is InChI=1S/C16H18BrNO/c1-12-5-3-4-6-13(12)10-18(2)16-9-15(17)8-7-14(16)11-19/h3-9,19H,10-11H2,1-2H3. The zero-order chi connectivity index (χ0) is 13.8. The molecule has 0 spiro atoms. The third kappa shape index (κ3) is 3.37. The first kappa shape index (κ1) is 14.1. The highest BCUT2D eigenvalue weighted by Crippen LogP contribution is 2.26. The quantitative estimate of drug-likeness (QED) is 0.924. The Morgan fingerprint density at radius 1 is 1.11 bits per heavy atom. The van der Waals surface area contributed by atoms with Crippen LogP contribution in [0.15, 0.2) is 46.9 Å². The number of hydrogen-bond acceptors (Lipinski definition) is 2. The molecule has 0 radical (unpaired) electrons. The molecule has 0 atom stereocenters. The molecule has 0 unspecified atom stereocenters. The summed E-state index contributed by atoms with van der Waals surface area (Å²) < 4.78 is 1.02. The van der Waals surface area contributed by atoms with E-state index in [0.29, 0.717) is 0 Å². The van der Waals surface area contributed by atoms with Gasteiger partial charge >= 0.3 is 0 Å². The number of aliphatic hydroxyl groups excluding tert-OH is 1. The van der Waals surface area contributed by atoms with Crippen LogP contribution < -0.4 is 4.90 Å². The molecule has 100 valence electrons. The maximum atomic E-state index is 9.44. The van der Waals surface area contributed by atoms with E-state index in [2.05, 4.69) is 52.0 Å². The number of halogens is 1. The van der Waals surface area contributed by atoms with Gasteiger partial charge in [0.2, 0.25) is 0 Å². The zero-order valence-corrected chi connectivity index (χ0v) is 12.8. The molecule has 0 fully saturated rings. The van der Waals surface area contributed by atoms with Crippen molar-refractivity contribution >= 4 is 21.6 Å². The molecule has 0 aliphatic heterocycles. The fourth-order valence-electron chi connectivity index (χ4n) is 2.15. The first-order valence-corrected chi connectivity index (χ1v) is 7.06. The molecule has 2 rings (SSSR count). The van der Waals surface area contributed by atoms with Gasteiger partial charge in [-0.3, -0.25) is 0 Å². The van der Waals surface area contributed by atoms with Gasteiger partial charge in [-0.15, -0.1) is 0 Å². The molecule has 0 amide bonds. The summed E-state index contributed by atoms with van der Waals surface area (Å²) in [5.74, 6) is 0. The number of rotatable bonds is 4. The lowest BCUT2D eigenvalue weighted by Gasteiger charge is -2.23. The van der Waals surface area contributed by atoms with E-state index in [-0.39, 0.29) is 6.61 Å². The number of nitrogens with zero attached hydrogens (tertiary/aromatic N) is 1. The predicted octanol–water partition coefficient (Wildman–Crippen LogP) is 3.89. The Hall–Kier alpha value is -1.32. The minimum atomic E-state index is 0.0563. The van der Waals surface area contributed by atoms with Crippen molar-refractivity contribution in [3.63, 3.8) is 0 Å². The molecule has 3 heteroatoms. The molecule has 0 aliphatic rings. The largest absolute Gasteiger partial charge is 0.392 e. The van der Waals surface area contributed by atoms with E-state index in [4.69, 9.17) is 0 Å². The molecule has 0 bridgehead atoms. The van der Waals surface area contributed by atoms with Crippen molar-refractivity contribution in [2.24, 2.45) is 0 Å². The van der Waals surface area contributed by atoms with Gasteiger partial charge in [0.25, 0.3) is 0 Å². The van der Waals surface area contributed by atoms with Crippen molar-refractivity contribution in [2.45, 2.75) is 20.1 Å². The number of aryl methyl sites for hydroxylation is 1. The minimum absolute atomic E-state index is 0.0563. The normalized spacial score (nSPS) is 10.5. The number of benzene rings is 2. The van der Waals surface area contributed by atoms with E-state index in [9.17, 15) is 5.11 Å². The van der Waals surface area contributed by atoms with E-state index < -0.39 is 0 Å². The van der Waals surface area contributed by atoms with Crippen molar-refractivity contribution in [3.8, 4) is 0 Å². The number of aliphatic hydroxyl groups is 1. The van der Waals surface area contributed by atoms with E-state index in [1.165, 1.54) is 11.1 Å². The Kier molecular flexibility index (Phi) is 4.61. The topological polar surface area (TPSA) is 23.5 Å². The van der Waals surface area contributed by atoms with Crippen LogP contribution in [0.3, 0.4) is 0 Å². The molecule has 0 heterocycles. The van der Waals surface area contributed by atoms with Crippen LogP contribution in [0.25, 0.3) is 0 Å². The first-order chi connectivity index (χ1) is 9.11. The third-order valence-corrected chi connectivity index (χ3v) is 3.79. The molecule has 0 saturated heterocycles. The van der Waals surface area contributed by atoms with Gasteiger partial charge in [-0.25, -0.2) is 0 Å². The van der Waals surface area contributed by atoms with Crippen LogP contribution in [-0.2, 0) is 13.2 Å². The second kappa shape index (κ2) is 6.22. The summed E-state index contributed by atoms with van der Waals surface area (Å²) in [5, 5.41) is 9.44. The van der Waals surface area contributed by atoms with Crippen molar-refractivity contribution in [1.82, 2.24) is 0 Å². The van der Waals surface area contributed by atoms with Crippen LogP contribution in [0.4, 0.5) is 5.69 Å². The maximum absolute atomic E-state index is 9.44. The first-order valence-electron chi connectivity index (χ1n) is 6.26. The van der Waals surface area contributed by atoms with Crippen molar-refractivity contribution < 1.29 is 5.11 Å². The Bertz CT molecular complexity index is 568. The highest BCUT2D eigenvalue weighted by Gasteiger charge is 2.09. The highest BCUT2D eigenvalue weighted by molar-refractivity contribution is 9.10. The summed E-state index contributed by atoms with van der Waals surface area (Å²) in [5.41, 5.74) is 4.59. The van der Waals surface area contributed by atoms with E-state index in [1.807, 2.05) is 25.2 Å². The fraction of sp³-hybridized carbons (Fsp3) is 0.250. The van der Waals surface area contributed by atoms with Gasteiger partial charge in [-0.05, 0) is 30.2 Å². The summed E-state index contributed by atoms with van der Waals surface area (Å²) in [6, 6.07) is 14.3. The van der Waals surface area contributed by atoms with Crippen LogP contribution >= 0.6 is 15.9 Å². The minimum Gasteiger partial charge on any atom is -0.392 e. The number of hydrogen-bond donors (Lipinski definition) is 1. The molecule has 2 aromatic rings. The van der Waals surface area contributed by atoms with Gasteiger partial charge in [0.1, 0.15) is 0 Å². The fourth-order valence-corrected chi connectivity index (χ4v) is 2.50. The van der Waals surface area contributed by atoms with Gasteiger partial charge in [0.05, 0.1) is 6.61 Å². The lowest BCUT2D eigenvalue weighted by molar-refractivity contribution is 0.282. The molecular formula is C16H18BrNO. The van der Waals surface area contributed by atoms with Gasteiger partial charge in [0, 0.05) is 29.3 Å². The molecule has 2 nitrogen and oxygen atoms in total. The van der Waals surface area contributed by atoms with Crippen LogP contribution in [0.1, 0.15) is 16.7 Å². The summed E-state index contributed by atoms with van der Waals surface area (Å²) >= 11 is 3.49.